The van der Waals surface area contributed by atoms with E-state index in [1.807, 2.05) is 0 Å². The molecular formula is C16H21NO4. The quantitative estimate of drug-likeness (QED) is 0.926. The zero-order valence-electron chi connectivity index (χ0n) is 12.3. The molecule has 0 aromatic heterocycles. The zero-order chi connectivity index (χ0) is 14.7. The average molecular weight is 291 g/mol. The molecule has 2 aliphatic rings. The van der Waals surface area contributed by atoms with E-state index in [4.69, 9.17) is 14.2 Å². The number of hydrogen-bond acceptors (Lipinski definition) is 4. The Hall–Kier alpha value is -1.91. The molecule has 2 unspecified atom stereocenters. The van der Waals surface area contributed by atoms with Crippen LogP contribution in [0, 0.1) is 5.92 Å². The minimum atomic E-state index is -0.0635. The van der Waals surface area contributed by atoms with Crippen LogP contribution >= 0.6 is 0 Å². The molecule has 5 heteroatoms. The third-order valence-corrected chi connectivity index (χ3v) is 4.17. The topological polar surface area (TPSA) is 56.8 Å². The highest BCUT2D eigenvalue weighted by atomic mass is 16.7. The van der Waals surface area contributed by atoms with Crippen LogP contribution in [-0.2, 0) is 4.79 Å². The minimum absolute atomic E-state index is 0.0306. The summed E-state index contributed by atoms with van der Waals surface area (Å²) in [6.45, 7) is 2.46. The number of carbonyl (C=O) groups excluding carboxylic acids is 1. The van der Waals surface area contributed by atoms with Crippen molar-refractivity contribution in [3.05, 3.63) is 18.2 Å². The summed E-state index contributed by atoms with van der Waals surface area (Å²) in [6, 6.07) is 5.60. The first-order valence-electron chi connectivity index (χ1n) is 7.54. The van der Waals surface area contributed by atoms with Crippen molar-refractivity contribution in [3.8, 4) is 17.2 Å². The van der Waals surface area contributed by atoms with E-state index < -0.39 is 0 Å². The van der Waals surface area contributed by atoms with Crippen LogP contribution in [0.4, 0.5) is 0 Å². The second-order valence-electron chi connectivity index (χ2n) is 5.74. The van der Waals surface area contributed by atoms with Gasteiger partial charge in [0, 0.05) is 12.1 Å². The number of benzene rings is 1. The Labute approximate surface area is 124 Å². The van der Waals surface area contributed by atoms with Crippen LogP contribution in [0.25, 0.3) is 0 Å². The number of carbonyl (C=O) groups is 1. The molecule has 1 heterocycles. The summed E-state index contributed by atoms with van der Waals surface area (Å²) in [5.74, 6) is 2.47. The predicted octanol–water partition coefficient (Wildman–Crippen LogP) is 2.49. The van der Waals surface area contributed by atoms with Crippen molar-refractivity contribution in [2.75, 3.05) is 13.4 Å². The molecular weight excluding hydrogens is 270 g/mol. The van der Waals surface area contributed by atoms with Gasteiger partial charge in [-0.2, -0.15) is 0 Å². The second kappa shape index (κ2) is 6.24. The monoisotopic (exact) mass is 291 g/mol. The van der Waals surface area contributed by atoms with Crippen LogP contribution in [0.1, 0.15) is 32.6 Å². The first-order valence-corrected chi connectivity index (χ1v) is 7.54. The van der Waals surface area contributed by atoms with Gasteiger partial charge in [-0.3, -0.25) is 4.79 Å². The van der Waals surface area contributed by atoms with Crippen LogP contribution < -0.4 is 19.5 Å². The molecule has 2 atom stereocenters. The fourth-order valence-corrected chi connectivity index (χ4v) is 2.89. The van der Waals surface area contributed by atoms with Gasteiger partial charge in [-0.05, 0) is 30.9 Å². The molecule has 0 saturated heterocycles. The average Bonchev–Trinajstić information content (AvgIpc) is 2.95. The van der Waals surface area contributed by atoms with E-state index in [0.29, 0.717) is 23.2 Å². The van der Waals surface area contributed by atoms with Crippen molar-refractivity contribution in [3.63, 3.8) is 0 Å². The van der Waals surface area contributed by atoms with Crippen molar-refractivity contribution in [1.82, 2.24) is 5.32 Å². The smallest absolute Gasteiger partial charge is 0.258 e. The van der Waals surface area contributed by atoms with E-state index in [0.717, 1.165) is 6.42 Å². The molecule has 1 aromatic rings. The zero-order valence-corrected chi connectivity index (χ0v) is 12.3. The number of nitrogens with one attached hydrogen (secondary N) is 1. The van der Waals surface area contributed by atoms with Crippen molar-refractivity contribution in [2.24, 2.45) is 5.92 Å². The third kappa shape index (κ3) is 3.40. The summed E-state index contributed by atoms with van der Waals surface area (Å²) in [5.41, 5.74) is 0. The van der Waals surface area contributed by atoms with Crippen LogP contribution in [0.3, 0.4) is 0 Å². The summed E-state index contributed by atoms with van der Waals surface area (Å²) in [5, 5.41) is 3.07. The fraction of sp³-hybridized carbons (Fsp3) is 0.562. The molecule has 1 aliphatic carbocycles. The van der Waals surface area contributed by atoms with E-state index in [1.54, 1.807) is 18.2 Å². The lowest BCUT2D eigenvalue weighted by atomic mass is 9.86. The van der Waals surface area contributed by atoms with E-state index in [2.05, 4.69) is 12.2 Å². The highest BCUT2D eigenvalue weighted by Gasteiger charge is 2.23. The third-order valence-electron chi connectivity index (χ3n) is 4.17. The van der Waals surface area contributed by atoms with Gasteiger partial charge >= 0.3 is 0 Å². The van der Waals surface area contributed by atoms with Crippen molar-refractivity contribution in [2.45, 2.75) is 38.6 Å². The van der Waals surface area contributed by atoms with E-state index in [9.17, 15) is 4.79 Å². The number of hydrogen-bond donors (Lipinski definition) is 1. The first-order chi connectivity index (χ1) is 10.2. The molecule has 1 aromatic carbocycles. The van der Waals surface area contributed by atoms with Crippen molar-refractivity contribution in [1.29, 1.82) is 0 Å². The summed E-state index contributed by atoms with van der Waals surface area (Å²) < 4.78 is 16.0. The van der Waals surface area contributed by atoms with Gasteiger partial charge < -0.3 is 19.5 Å². The molecule has 1 fully saturated rings. The maximum atomic E-state index is 12.0. The summed E-state index contributed by atoms with van der Waals surface area (Å²) >= 11 is 0. The number of fused-ring (bicyclic) bond motifs is 1. The van der Waals surface area contributed by atoms with Gasteiger partial charge in [0.2, 0.25) is 6.79 Å². The lowest BCUT2D eigenvalue weighted by molar-refractivity contribution is -0.124. The molecule has 5 nitrogen and oxygen atoms in total. The summed E-state index contributed by atoms with van der Waals surface area (Å²) in [6.07, 6.45) is 4.71. The van der Waals surface area contributed by atoms with Gasteiger partial charge in [0.1, 0.15) is 5.75 Å². The molecule has 3 rings (SSSR count). The maximum absolute atomic E-state index is 12.0. The molecule has 0 radical (unpaired) electrons. The standard InChI is InChI=1S/C16H21NO4/c1-11-4-2-3-5-13(11)17-16(18)9-19-12-6-7-14-15(8-12)21-10-20-14/h6-8,11,13H,2-5,9-10H2,1H3,(H,17,18). The molecule has 0 bridgehead atoms. The van der Waals surface area contributed by atoms with Crippen LogP contribution in [-0.4, -0.2) is 25.3 Å². The maximum Gasteiger partial charge on any atom is 0.258 e. The Morgan fingerprint density at radius 3 is 2.95 bits per heavy atom. The Morgan fingerprint density at radius 2 is 2.10 bits per heavy atom. The van der Waals surface area contributed by atoms with Gasteiger partial charge in [-0.25, -0.2) is 0 Å². The Morgan fingerprint density at radius 1 is 1.29 bits per heavy atom. The number of amides is 1. The lowest BCUT2D eigenvalue weighted by Gasteiger charge is -2.29. The molecule has 0 spiro atoms. The fourth-order valence-electron chi connectivity index (χ4n) is 2.89. The molecule has 1 aliphatic heterocycles. The highest BCUT2D eigenvalue weighted by Crippen LogP contribution is 2.35. The van der Waals surface area contributed by atoms with Gasteiger partial charge in [0.25, 0.3) is 5.91 Å². The van der Waals surface area contributed by atoms with Crippen molar-refractivity contribution < 1.29 is 19.0 Å². The van der Waals surface area contributed by atoms with Crippen LogP contribution in [0.2, 0.25) is 0 Å². The number of rotatable bonds is 4. The van der Waals surface area contributed by atoms with Crippen molar-refractivity contribution >= 4 is 5.91 Å². The summed E-state index contributed by atoms with van der Waals surface area (Å²) in [7, 11) is 0. The Kier molecular flexibility index (Phi) is 4.18. The van der Waals surface area contributed by atoms with Gasteiger partial charge in [-0.15, -0.1) is 0 Å². The Balaban J connectivity index is 1.49. The lowest BCUT2D eigenvalue weighted by Crippen LogP contribution is -2.43. The molecule has 21 heavy (non-hydrogen) atoms. The van der Waals surface area contributed by atoms with Crippen LogP contribution in [0.15, 0.2) is 18.2 Å². The summed E-state index contributed by atoms with van der Waals surface area (Å²) in [4.78, 5) is 12.0. The van der Waals surface area contributed by atoms with Crippen LogP contribution in [0.5, 0.6) is 17.2 Å². The SMILES string of the molecule is CC1CCCCC1NC(=O)COc1ccc2c(c1)OCO2. The van der Waals surface area contributed by atoms with Gasteiger partial charge in [0.15, 0.2) is 18.1 Å². The molecule has 1 N–H and O–H groups in total. The molecule has 1 amide bonds. The van der Waals surface area contributed by atoms with Gasteiger partial charge in [-0.1, -0.05) is 19.8 Å². The second-order valence-corrected chi connectivity index (χ2v) is 5.74. The molecule has 1 saturated carbocycles. The molecule has 114 valence electrons. The van der Waals surface area contributed by atoms with Gasteiger partial charge in [0.05, 0.1) is 0 Å². The minimum Gasteiger partial charge on any atom is -0.484 e. The normalized spacial score (nSPS) is 23.7. The number of ether oxygens (including phenoxy) is 3. The Bertz CT molecular complexity index is 517. The highest BCUT2D eigenvalue weighted by molar-refractivity contribution is 5.77. The predicted molar refractivity (Wildman–Crippen MR) is 77.6 cm³/mol. The van der Waals surface area contributed by atoms with E-state index in [1.165, 1.54) is 19.3 Å². The van der Waals surface area contributed by atoms with E-state index in [-0.39, 0.29) is 25.3 Å². The largest absolute Gasteiger partial charge is 0.484 e. The first kappa shape index (κ1) is 14.0. The van der Waals surface area contributed by atoms with E-state index >= 15 is 0 Å².